The molecular weight excluding hydrogens is 334 g/mol. The molecule has 5 atom stereocenters. The molecule has 6 nitrogen and oxygen atoms in total. The minimum Gasteiger partial charge on any atom is -0.349 e. The third-order valence-electron chi connectivity index (χ3n) is 5.18. The number of ether oxygens (including phenoxy) is 4. The summed E-state index contributed by atoms with van der Waals surface area (Å²) in [4.78, 5) is 16.7. The van der Waals surface area contributed by atoms with E-state index >= 15 is 0 Å². The van der Waals surface area contributed by atoms with Crippen LogP contribution in [-0.4, -0.2) is 48.8 Å². The van der Waals surface area contributed by atoms with Crippen molar-refractivity contribution in [2.75, 3.05) is 14.2 Å². The van der Waals surface area contributed by atoms with Crippen LogP contribution in [0.1, 0.15) is 38.2 Å². The maximum absolute atomic E-state index is 12.6. The summed E-state index contributed by atoms with van der Waals surface area (Å²) < 4.78 is 23.3. The quantitative estimate of drug-likeness (QED) is 0.777. The second kappa shape index (κ2) is 6.35. The Bertz CT molecular complexity index is 624. The lowest BCUT2D eigenvalue weighted by Gasteiger charge is -2.53. The van der Waals surface area contributed by atoms with E-state index in [1.165, 1.54) is 7.11 Å². The molecule has 1 aromatic heterocycles. The predicted octanol–water partition coefficient (Wildman–Crippen LogP) is 2.69. The van der Waals surface area contributed by atoms with Crippen LogP contribution in [0.2, 0.25) is 5.15 Å². The fraction of sp³-hybridized carbons (Fsp3) is 0.647. The Balaban J connectivity index is 1.84. The van der Waals surface area contributed by atoms with E-state index in [1.54, 1.807) is 33.2 Å². The first-order chi connectivity index (χ1) is 11.3. The molecule has 1 aliphatic carbocycles. The molecule has 1 aromatic rings. The van der Waals surface area contributed by atoms with Crippen LogP contribution < -0.4 is 0 Å². The summed E-state index contributed by atoms with van der Waals surface area (Å²) in [6, 6.07) is 3.52. The van der Waals surface area contributed by atoms with E-state index in [0.29, 0.717) is 11.6 Å². The fourth-order valence-electron chi connectivity index (χ4n) is 3.40. The predicted molar refractivity (Wildman–Crippen MR) is 86.8 cm³/mol. The minimum atomic E-state index is -1.09. The van der Waals surface area contributed by atoms with Crippen LogP contribution in [0.5, 0.6) is 0 Å². The average Bonchev–Trinajstić information content (AvgIpc) is 2.57. The lowest BCUT2D eigenvalue weighted by Crippen LogP contribution is -2.66. The van der Waals surface area contributed by atoms with Gasteiger partial charge in [-0.15, -0.1) is 0 Å². The van der Waals surface area contributed by atoms with Crippen molar-refractivity contribution in [2.45, 2.75) is 56.4 Å². The summed E-state index contributed by atoms with van der Waals surface area (Å²) in [5, 5.41) is 0.403. The zero-order valence-corrected chi connectivity index (χ0v) is 15.0. The van der Waals surface area contributed by atoms with Crippen LogP contribution in [0.15, 0.2) is 18.3 Å². The summed E-state index contributed by atoms with van der Waals surface area (Å²) in [6.45, 7) is 3.54. The first kappa shape index (κ1) is 17.8. The van der Waals surface area contributed by atoms with Crippen molar-refractivity contribution >= 4 is 17.4 Å². The molecule has 0 bridgehead atoms. The molecule has 1 aliphatic heterocycles. The molecule has 3 rings (SSSR count). The van der Waals surface area contributed by atoms with Crippen LogP contribution in [0, 0.1) is 0 Å². The van der Waals surface area contributed by atoms with E-state index in [1.807, 2.05) is 6.07 Å². The Morgan fingerprint density at radius 1 is 1.17 bits per heavy atom. The summed E-state index contributed by atoms with van der Waals surface area (Å²) >= 11 is 5.83. The SMILES string of the molecule is CO[C@@]1(C)O[C@@H]2CC(=O)[C@@H](c3ccc(Cl)nc3)C[C@H]2O[C@]1(C)OC. The number of carbonyl (C=O) groups is 1. The number of carbonyl (C=O) groups excluding carboxylic acids is 1. The summed E-state index contributed by atoms with van der Waals surface area (Å²) in [7, 11) is 3.09. The van der Waals surface area contributed by atoms with Gasteiger partial charge in [-0.3, -0.25) is 4.79 Å². The average molecular weight is 356 g/mol. The molecule has 0 radical (unpaired) electrons. The summed E-state index contributed by atoms with van der Waals surface area (Å²) in [6.07, 6.45) is 1.78. The smallest absolute Gasteiger partial charge is 0.220 e. The second-order valence-electron chi connectivity index (χ2n) is 6.49. The number of hydrogen-bond donors (Lipinski definition) is 0. The summed E-state index contributed by atoms with van der Waals surface area (Å²) in [5.74, 6) is -2.33. The number of nitrogens with zero attached hydrogens (tertiary/aromatic N) is 1. The molecular formula is C17H22ClNO5. The minimum absolute atomic E-state index is 0.100. The lowest BCUT2D eigenvalue weighted by atomic mass is 9.79. The normalized spacial score (nSPS) is 39.5. The number of halogens is 1. The second-order valence-corrected chi connectivity index (χ2v) is 6.87. The van der Waals surface area contributed by atoms with Gasteiger partial charge in [0, 0.05) is 32.8 Å². The number of Topliss-reactive ketones (excluding diaryl/α,β-unsaturated/α-hetero) is 1. The fourth-order valence-corrected chi connectivity index (χ4v) is 3.52. The van der Waals surface area contributed by atoms with E-state index in [9.17, 15) is 4.79 Å². The van der Waals surface area contributed by atoms with Crippen LogP contribution in [0.4, 0.5) is 0 Å². The van der Waals surface area contributed by atoms with E-state index in [0.717, 1.165) is 5.56 Å². The Morgan fingerprint density at radius 3 is 2.33 bits per heavy atom. The van der Waals surface area contributed by atoms with Gasteiger partial charge in [-0.05, 0) is 31.9 Å². The zero-order valence-electron chi connectivity index (χ0n) is 14.2. The third-order valence-corrected chi connectivity index (χ3v) is 5.41. The van der Waals surface area contributed by atoms with Gasteiger partial charge in [0.25, 0.3) is 0 Å². The molecule has 7 heteroatoms. The Kier molecular flexibility index (Phi) is 4.70. The highest BCUT2D eigenvalue weighted by Crippen LogP contribution is 2.45. The van der Waals surface area contributed by atoms with Crippen LogP contribution in [-0.2, 0) is 23.7 Å². The maximum atomic E-state index is 12.6. The van der Waals surface area contributed by atoms with Crippen molar-refractivity contribution in [3.05, 3.63) is 29.0 Å². The van der Waals surface area contributed by atoms with Gasteiger partial charge in [0.1, 0.15) is 10.9 Å². The topological polar surface area (TPSA) is 66.9 Å². The van der Waals surface area contributed by atoms with Gasteiger partial charge >= 0.3 is 0 Å². The van der Waals surface area contributed by atoms with E-state index in [-0.39, 0.29) is 30.3 Å². The highest BCUT2D eigenvalue weighted by molar-refractivity contribution is 6.29. The van der Waals surface area contributed by atoms with Crippen molar-refractivity contribution in [2.24, 2.45) is 0 Å². The number of methoxy groups -OCH3 is 2. The monoisotopic (exact) mass is 355 g/mol. The van der Waals surface area contributed by atoms with E-state index in [4.69, 9.17) is 30.5 Å². The first-order valence-electron chi connectivity index (χ1n) is 7.92. The van der Waals surface area contributed by atoms with Gasteiger partial charge in [-0.25, -0.2) is 4.98 Å². The largest absolute Gasteiger partial charge is 0.349 e. The molecule has 2 fully saturated rings. The van der Waals surface area contributed by atoms with Gasteiger partial charge < -0.3 is 18.9 Å². The van der Waals surface area contributed by atoms with Crippen molar-refractivity contribution in [3.63, 3.8) is 0 Å². The highest BCUT2D eigenvalue weighted by atomic mass is 35.5. The molecule has 2 heterocycles. The van der Waals surface area contributed by atoms with Crippen molar-refractivity contribution < 1.29 is 23.7 Å². The molecule has 1 saturated carbocycles. The number of fused-ring (bicyclic) bond motifs is 1. The lowest BCUT2D eigenvalue weighted by molar-refractivity contribution is -0.449. The molecule has 0 unspecified atom stereocenters. The van der Waals surface area contributed by atoms with Crippen molar-refractivity contribution in [1.29, 1.82) is 0 Å². The van der Waals surface area contributed by atoms with Gasteiger partial charge in [-0.2, -0.15) is 0 Å². The maximum Gasteiger partial charge on any atom is 0.220 e. The van der Waals surface area contributed by atoms with Crippen LogP contribution in [0.25, 0.3) is 0 Å². The molecule has 0 spiro atoms. The third kappa shape index (κ3) is 2.86. The molecule has 1 saturated heterocycles. The molecule has 132 valence electrons. The van der Waals surface area contributed by atoms with Gasteiger partial charge in [0.05, 0.1) is 12.2 Å². The van der Waals surface area contributed by atoms with E-state index < -0.39 is 11.6 Å². The molecule has 0 amide bonds. The highest BCUT2D eigenvalue weighted by Gasteiger charge is 2.58. The number of rotatable bonds is 3. The number of hydrogen-bond acceptors (Lipinski definition) is 6. The van der Waals surface area contributed by atoms with Crippen LogP contribution >= 0.6 is 11.6 Å². The zero-order chi connectivity index (χ0) is 17.5. The van der Waals surface area contributed by atoms with Gasteiger partial charge in [-0.1, -0.05) is 17.7 Å². The molecule has 0 aromatic carbocycles. The van der Waals surface area contributed by atoms with Crippen LogP contribution in [0.3, 0.4) is 0 Å². The molecule has 24 heavy (non-hydrogen) atoms. The molecule has 2 aliphatic rings. The Hall–Kier alpha value is -1.05. The number of pyridine rings is 1. The van der Waals surface area contributed by atoms with E-state index in [2.05, 4.69) is 4.98 Å². The standard InChI is InChI=1S/C17H22ClNO5/c1-16(21-3)17(2,22-4)24-14-8-12(20)11(7-13(14)23-16)10-5-6-15(18)19-9-10/h5-6,9,11,13-14H,7-8H2,1-4H3/t11-,13-,14-,16+,17+/m1/s1. The Labute approximate surface area is 146 Å². The first-order valence-corrected chi connectivity index (χ1v) is 8.30. The number of aromatic nitrogens is 1. The number of ketones is 1. The Morgan fingerprint density at radius 2 is 1.79 bits per heavy atom. The van der Waals surface area contributed by atoms with Crippen molar-refractivity contribution in [3.8, 4) is 0 Å². The van der Waals surface area contributed by atoms with Gasteiger partial charge in [0.2, 0.25) is 11.6 Å². The van der Waals surface area contributed by atoms with Crippen molar-refractivity contribution in [1.82, 2.24) is 4.98 Å². The molecule has 0 N–H and O–H groups in total. The summed E-state index contributed by atoms with van der Waals surface area (Å²) in [5.41, 5.74) is 0.839. The van der Waals surface area contributed by atoms with Gasteiger partial charge in [0.15, 0.2) is 0 Å².